The van der Waals surface area contributed by atoms with E-state index in [1.165, 1.54) is 0 Å². The molecule has 1 unspecified atom stereocenters. The van der Waals surface area contributed by atoms with Gasteiger partial charge in [0.25, 0.3) is 0 Å². The van der Waals surface area contributed by atoms with Gasteiger partial charge in [-0.25, -0.2) is 4.98 Å². The lowest BCUT2D eigenvalue weighted by atomic mass is 10.2. The van der Waals surface area contributed by atoms with Crippen molar-refractivity contribution in [1.29, 1.82) is 0 Å². The molecule has 0 saturated heterocycles. The molecule has 1 heterocycles. The first-order valence-electron chi connectivity index (χ1n) is 6.05. The summed E-state index contributed by atoms with van der Waals surface area (Å²) in [6.45, 7) is 0. The maximum atomic E-state index is 6.04. The summed E-state index contributed by atoms with van der Waals surface area (Å²) >= 11 is 1.61. The second-order valence-electron chi connectivity index (χ2n) is 4.20. The first-order chi connectivity index (χ1) is 9.24. The van der Waals surface area contributed by atoms with Crippen molar-refractivity contribution in [2.24, 2.45) is 5.73 Å². The second kappa shape index (κ2) is 6.77. The Kier molecular flexibility index (Phi) is 5.04. The van der Waals surface area contributed by atoms with E-state index in [0.29, 0.717) is 6.42 Å². The summed E-state index contributed by atoms with van der Waals surface area (Å²) in [7, 11) is 3.18. The average molecular weight is 278 g/mol. The van der Waals surface area contributed by atoms with Crippen molar-refractivity contribution >= 4 is 11.3 Å². The first-order valence-corrected chi connectivity index (χ1v) is 6.93. The molecule has 2 rings (SSSR count). The molecule has 0 saturated carbocycles. The zero-order valence-corrected chi connectivity index (χ0v) is 11.9. The number of methoxy groups -OCH3 is 2. The summed E-state index contributed by atoms with van der Waals surface area (Å²) in [5.41, 5.74) is 8.14. The number of benzene rings is 1. The lowest BCUT2D eigenvalue weighted by Gasteiger charge is -2.19. The molecule has 2 N–H and O–H groups in total. The smallest absolute Gasteiger partial charge is 0.172 e. The van der Waals surface area contributed by atoms with Crippen molar-refractivity contribution in [3.05, 3.63) is 40.7 Å². The van der Waals surface area contributed by atoms with Gasteiger partial charge in [0.2, 0.25) is 0 Å². The van der Waals surface area contributed by atoms with Crippen molar-refractivity contribution in [2.75, 3.05) is 14.2 Å². The third kappa shape index (κ3) is 3.61. The Hall–Kier alpha value is -1.27. The van der Waals surface area contributed by atoms with Crippen molar-refractivity contribution in [3.8, 4) is 11.3 Å². The highest BCUT2D eigenvalue weighted by atomic mass is 32.1. The minimum Gasteiger partial charge on any atom is -0.354 e. The summed E-state index contributed by atoms with van der Waals surface area (Å²) in [4.78, 5) is 4.60. The predicted molar refractivity (Wildman–Crippen MR) is 77.0 cm³/mol. The van der Waals surface area contributed by atoms with Gasteiger partial charge in [-0.1, -0.05) is 30.3 Å². The zero-order valence-electron chi connectivity index (χ0n) is 11.1. The van der Waals surface area contributed by atoms with E-state index in [1.807, 2.05) is 35.7 Å². The van der Waals surface area contributed by atoms with Crippen LogP contribution in [0.3, 0.4) is 0 Å². The summed E-state index contributed by atoms with van der Waals surface area (Å²) in [6.07, 6.45) is 0.244. The fraction of sp³-hybridized carbons (Fsp3) is 0.357. The monoisotopic (exact) mass is 278 g/mol. The summed E-state index contributed by atoms with van der Waals surface area (Å²) in [5.74, 6) is 0. The Balaban J connectivity index is 2.06. The van der Waals surface area contributed by atoms with E-state index in [2.05, 4.69) is 4.98 Å². The number of hydrogen-bond acceptors (Lipinski definition) is 5. The summed E-state index contributed by atoms with van der Waals surface area (Å²) in [5, 5.41) is 3.04. The van der Waals surface area contributed by atoms with Gasteiger partial charge in [0.1, 0.15) is 0 Å². The molecule has 0 aliphatic carbocycles. The second-order valence-corrected chi connectivity index (χ2v) is 5.14. The van der Waals surface area contributed by atoms with Gasteiger partial charge in [0, 0.05) is 31.6 Å². The van der Waals surface area contributed by atoms with E-state index >= 15 is 0 Å². The van der Waals surface area contributed by atoms with Crippen LogP contribution < -0.4 is 5.73 Å². The maximum Gasteiger partial charge on any atom is 0.172 e. The molecule has 4 nitrogen and oxygen atoms in total. The van der Waals surface area contributed by atoms with Crippen LogP contribution in [0.4, 0.5) is 0 Å². The Morgan fingerprint density at radius 3 is 2.53 bits per heavy atom. The van der Waals surface area contributed by atoms with Crippen LogP contribution in [-0.4, -0.2) is 31.5 Å². The van der Waals surface area contributed by atoms with Crippen molar-refractivity contribution < 1.29 is 9.47 Å². The lowest BCUT2D eigenvalue weighted by Crippen LogP contribution is -2.39. The van der Waals surface area contributed by atoms with Gasteiger partial charge in [-0.15, -0.1) is 11.3 Å². The summed E-state index contributed by atoms with van der Waals surface area (Å²) < 4.78 is 10.3. The van der Waals surface area contributed by atoms with Gasteiger partial charge in [-0.3, -0.25) is 0 Å². The standard InChI is InChI=1S/C14H18N2O2S/c1-17-14(18-2)11(15)8-13-16-12(9-19-13)10-6-4-3-5-7-10/h3-7,9,11,14H,8,15H2,1-2H3. The number of aromatic nitrogens is 1. The molecule has 0 amide bonds. The summed E-state index contributed by atoms with van der Waals surface area (Å²) in [6, 6.07) is 9.88. The Labute approximate surface area is 117 Å². The van der Waals surface area contributed by atoms with E-state index < -0.39 is 6.29 Å². The predicted octanol–water partition coefficient (Wildman–Crippen LogP) is 2.30. The van der Waals surface area contributed by atoms with Crippen LogP contribution in [0.2, 0.25) is 0 Å². The third-order valence-corrected chi connectivity index (χ3v) is 3.72. The average Bonchev–Trinajstić information content (AvgIpc) is 2.89. The fourth-order valence-corrected chi connectivity index (χ4v) is 2.77. The number of ether oxygens (including phenoxy) is 2. The molecule has 0 radical (unpaired) electrons. The molecule has 19 heavy (non-hydrogen) atoms. The molecular formula is C14H18N2O2S. The molecule has 0 bridgehead atoms. The van der Waals surface area contributed by atoms with E-state index in [-0.39, 0.29) is 6.04 Å². The largest absolute Gasteiger partial charge is 0.354 e. The van der Waals surface area contributed by atoms with Crippen molar-refractivity contribution in [3.63, 3.8) is 0 Å². The van der Waals surface area contributed by atoms with Crippen LogP contribution in [-0.2, 0) is 15.9 Å². The number of nitrogens with zero attached hydrogens (tertiary/aromatic N) is 1. The van der Waals surface area contributed by atoms with Gasteiger partial charge < -0.3 is 15.2 Å². The van der Waals surface area contributed by atoms with E-state index in [4.69, 9.17) is 15.2 Å². The lowest BCUT2D eigenvalue weighted by molar-refractivity contribution is -0.115. The van der Waals surface area contributed by atoms with Crippen LogP contribution in [0.1, 0.15) is 5.01 Å². The highest BCUT2D eigenvalue weighted by Crippen LogP contribution is 2.22. The fourth-order valence-electron chi connectivity index (χ4n) is 1.89. The molecule has 2 aromatic rings. The van der Waals surface area contributed by atoms with Gasteiger partial charge in [0.05, 0.1) is 16.7 Å². The van der Waals surface area contributed by atoms with Gasteiger partial charge in [0.15, 0.2) is 6.29 Å². The zero-order chi connectivity index (χ0) is 13.7. The van der Waals surface area contributed by atoms with Crippen molar-refractivity contribution in [2.45, 2.75) is 18.8 Å². The SMILES string of the molecule is COC(OC)C(N)Cc1nc(-c2ccccc2)cs1. The molecule has 0 fully saturated rings. The molecule has 1 atom stereocenters. The van der Waals surface area contributed by atoms with Crippen LogP contribution in [0, 0.1) is 0 Å². The minimum atomic E-state index is -0.399. The molecule has 0 aliphatic rings. The molecule has 0 spiro atoms. The molecule has 5 heteroatoms. The molecule has 102 valence electrons. The number of thiazole rings is 1. The molecule has 1 aromatic carbocycles. The van der Waals surface area contributed by atoms with Gasteiger partial charge in [-0.2, -0.15) is 0 Å². The number of hydrogen-bond donors (Lipinski definition) is 1. The van der Waals surface area contributed by atoms with Gasteiger partial charge >= 0.3 is 0 Å². The van der Waals surface area contributed by atoms with Crippen LogP contribution in [0.25, 0.3) is 11.3 Å². The van der Waals surface area contributed by atoms with Crippen LogP contribution >= 0.6 is 11.3 Å². The van der Waals surface area contributed by atoms with E-state index in [0.717, 1.165) is 16.3 Å². The number of nitrogens with two attached hydrogens (primary N) is 1. The topological polar surface area (TPSA) is 57.4 Å². The highest BCUT2D eigenvalue weighted by molar-refractivity contribution is 7.09. The Morgan fingerprint density at radius 2 is 1.89 bits per heavy atom. The Morgan fingerprint density at radius 1 is 1.21 bits per heavy atom. The first kappa shape index (κ1) is 14.1. The quantitative estimate of drug-likeness (QED) is 0.824. The molecule has 1 aromatic heterocycles. The third-order valence-electron chi connectivity index (χ3n) is 2.85. The van der Waals surface area contributed by atoms with Crippen LogP contribution in [0.15, 0.2) is 35.7 Å². The van der Waals surface area contributed by atoms with Crippen molar-refractivity contribution in [1.82, 2.24) is 4.98 Å². The van der Waals surface area contributed by atoms with E-state index in [9.17, 15) is 0 Å². The van der Waals surface area contributed by atoms with E-state index in [1.54, 1.807) is 25.6 Å². The Bertz CT molecular complexity index is 497. The molecular weight excluding hydrogens is 260 g/mol. The molecule has 0 aliphatic heterocycles. The normalized spacial score (nSPS) is 12.8. The van der Waals surface area contributed by atoms with Gasteiger partial charge in [-0.05, 0) is 0 Å². The minimum absolute atomic E-state index is 0.218. The number of rotatable bonds is 6. The van der Waals surface area contributed by atoms with Crippen LogP contribution in [0.5, 0.6) is 0 Å². The highest BCUT2D eigenvalue weighted by Gasteiger charge is 2.18. The maximum absolute atomic E-state index is 6.04.